The Morgan fingerprint density at radius 2 is 2.08 bits per heavy atom. The molecule has 0 aromatic carbocycles. The Hall–Kier alpha value is -0.120. The van der Waals surface area contributed by atoms with Crippen molar-refractivity contribution in [3.05, 3.63) is 0 Å². The van der Waals surface area contributed by atoms with Gasteiger partial charge >= 0.3 is 0 Å². The first kappa shape index (κ1) is 9.96. The first-order valence-corrected chi connectivity index (χ1v) is 4.81. The fraction of sp³-hybridized carbons (Fsp3) is 1.00. The SMILES string of the molecule is CCC(O)CCN1CCOCC1. The van der Waals surface area contributed by atoms with E-state index in [-0.39, 0.29) is 6.10 Å². The van der Waals surface area contributed by atoms with E-state index in [0.29, 0.717) is 0 Å². The van der Waals surface area contributed by atoms with Gasteiger partial charge in [0, 0.05) is 19.6 Å². The van der Waals surface area contributed by atoms with Gasteiger partial charge in [0.25, 0.3) is 0 Å². The zero-order valence-electron chi connectivity index (χ0n) is 7.83. The summed E-state index contributed by atoms with van der Waals surface area (Å²) in [6.45, 7) is 6.78. The van der Waals surface area contributed by atoms with Crippen molar-refractivity contribution >= 4 is 0 Å². The van der Waals surface area contributed by atoms with Crippen LogP contribution in [0.5, 0.6) is 0 Å². The molecule has 1 fully saturated rings. The van der Waals surface area contributed by atoms with Gasteiger partial charge in [-0.2, -0.15) is 0 Å². The van der Waals surface area contributed by atoms with Crippen molar-refractivity contribution in [2.45, 2.75) is 25.9 Å². The fourth-order valence-electron chi connectivity index (χ4n) is 1.36. The first-order chi connectivity index (χ1) is 5.83. The summed E-state index contributed by atoms with van der Waals surface area (Å²) < 4.78 is 5.23. The molecule has 0 saturated carbocycles. The number of ether oxygens (including phenoxy) is 1. The molecule has 0 amide bonds. The number of morpholine rings is 1. The summed E-state index contributed by atoms with van der Waals surface area (Å²) in [6, 6.07) is 0. The highest BCUT2D eigenvalue weighted by Crippen LogP contribution is 2.02. The Balaban J connectivity index is 2.05. The number of aliphatic hydroxyl groups excluding tert-OH is 1. The van der Waals surface area contributed by atoms with Crippen LogP contribution in [-0.2, 0) is 4.74 Å². The Bertz CT molecular complexity index is 113. The van der Waals surface area contributed by atoms with Gasteiger partial charge < -0.3 is 9.84 Å². The average Bonchev–Trinajstić information content (AvgIpc) is 2.16. The van der Waals surface area contributed by atoms with Crippen LogP contribution in [-0.4, -0.2) is 49.0 Å². The van der Waals surface area contributed by atoms with Gasteiger partial charge in [-0.25, -0.2) is 0 Å². The second-order valence-electron chi connectivity index (χ2n) is 3.30. The zero-order valence-corrected chi connectivity index (χ0v) is 7.83. The maximum Gasteiger partial charge on any atom is 0.0594 e. The van der Waals surface area contributed by atoms with Crippen LogP contribution in [0.1, 0.15) is 19.8 Å². The minimum atomic E-state index is -0.118. The van der Waals surface area contributed by atoms with Gasteiger partial charge in [-0.3, -0.25) is 4.90 Å². The van der Waals surface area contributed by atoms with Gasteiger partial charge in [-0.1, -0.05) is 6.92 Å². The van der Waals surface area contributed by atoms with Crippen LogP contribution >= 0.6 is 0 Å². The van der Waals surface area contributed by atoms with E-state index < -0.39 is 0 Å². The Labute approximate surface area is 74.3 Å². The minimum Gasteiger partial charge on any atom is -0.393 e. The third-order valence-corrected chi connectivity index (χ3v) is 2.35. The molecule has 1 aliphatic rings. The Kier molecular flexibility index (Phi) is 4.58. The highest BCUT2D eigenvalue weighted by molar-refractivity contribution is 4.64. The molecule has 1 rings (SSSR count). The standard InChI is InChI=1S/C9H19NO2/c1-2-9(11)3-4-10-5-7-12-8-6-10/h9,11H,2-8H2,1H3. The maximum absolute atomic E-state index is 9.33. The van der Waals surface area contributed by atoms with Crippen molar-refractivity contribution in [1.29, 1.82) is 0 Å². The molecule has 1 aliphatic heterocycles. The second kappa shape index (κ2) is 5.51. The van der Waals surface area contributed by atoms with Crippen LogP contribution in [0, 0.1) is 0 Å². The number of aliphatic hydroxyl groups is 1. The molecule has 1 saturated heterocycles. The summed E-state index contributed by atoms with van der Waals surface area (Å²) in [5, 5.41) is 9.33. The summed E-state index contributed by atoms with van der Waals surface area (Å²) in [7, 11) is 0. The average molecular weight is 173 g/mol. The van der Waals surface area contributed by atoms with E-state index in [1.807, 2.05) is 6.92 Å². The summed E-state index contributed by atoms with van der Waals surface area (Å²) in [5.74, 6) is 0. The summed E-state index contributed by atoms with van der Waals surface area (Å²) in [6.07, 6.45) is 1.65. The molecule has 3 nitrogen and oxygen atoms in total. The molecule has 0 spiro atoms. The maximum atomic E-state index is 9.33. The van der Waals surface area contributed by atoms with E-state index in [2.05, 4.69) is 4.90 Å². The largest absolute Gasteiger partial charge is 0.393 e. The quantitative estimate of drug-likeness (QED) is 0.671. The molecule has 72 valence electrons. The molecular weight excluding hydrogens is 154 g/mol. The molecule has 0 bridgehead atoms. The summed E-state index contributed by atoms with van der Waals surface area (Å²) in [5.41, 5.74) is 0. The van der Waals surface area contributed by atoms with Gasteiger partial charge in [-0.15, -0.1) is 0 Å². The van der Waals surface area contributed by atoms with Gasteiger partial charge in [0.15, 0.2) is 0 Å². The number of rotatable bonds is 4. The van der Waals surface area contributed by atoms with Crippen molar-refractivity contribution in [1.82, 2.24) is 4.90 Å². The van der Waals surface area contributed by atoms with Crippen LogP contribution in [0.15, 0.2) is 0 Å². The normalized spacial score (nSPS) is 22.5. The smallest absolute Gasteiger partial charge is 0.0594 e. The molecule has 0 aliphatic carbocycles. The molecular formula is C9H19NO2. The van der Waals surface area contributed by atoms with E-state index in [9.17, 15) is 5.11 Å². The third-order valence-electron chi connectivity index (χ3n) is 2.35. The Morgan fingerprint density at radius 3 is 2.67 bits per heavy atom. The molecule has 1 atom stereocenters. The third kappa shape index (κ3) is 3.52. The van der Waals surface area contributed by atoms with Crippen molar-refractivity contribution in [3.8, 4) is 0 Å². The van der Waals surface area contributed by atoms with Crippen molar-refractivity contribution in [2.24, 2.45) is 0 Å². The van der Waals surface area contributed by atoms with E-state index in [0.717, 1.165) is 45.7 Å². The predicted molar refractivity (Wildman–Crippen MR) is 48.2 cm³/mol. The first-order valence-electron chi connectivity index (χ1n) is 4.81. The van der Waals surface area contributed by atoms with Crippen LogP contribution in [0.3, 0.4) is 0 Å². The lowest BCUT2D eigenvalue weighted by Gasteiger charge is -2.27. The number of hydrogen-bond acceptors (Lipinski definition) is 3. The molecule has 1 unspecified atom stereocenters. The molecule has 0 aromatic heterocycles. The zero-order chi connectivity index (χ0) is 8.81. The highest BCUT2D eigenvalue weighted by Gasteiger charge is 2.11. The number of hydrogen-bond donors (Lipinski definition) is 1. The van der Waals surface area contributed by atoms with Gasteiger partial charge in [-0.05, 0) is 12.8 Å². The molecule has 0 radical (unpaired) electrons. The number of nitrogens with zero attached hydrogens (tertiary/aromatic N) is 1. The Morgan fingerprint density at radius 1 is 1.42 bits per heavy atom. The lowest BCUT2D eigenvalue weighted by molar-refractivity contribution is 0.0299. The van der Waals surface area contributed by atoms with Crippen molar-refractivity contribution in [2.75, 3.05) is 32.8 Å². The van der Waals surface area contributed by atoms with Gasteiger partial charge in [0.2, 0.25) is 0 Å². The lowest BCUT2D eigenvalue weighted by atomic mass is 10.2. The summed E-state index contributed by atoms with van der Waals surface area (Å²) in [4.78, 5) is 2.35. The van der Waals surface area contributed by atoms with Crippen LogP contribution < -0.4 is 0 Å². The highest BCUT2D eigenvalue weighted by atomic mass is 16.5. The molecule has 1 N–H and O–H groups in total. The van der Waals surface area contributed by atoms with Crippen LogP contribution in [0.4, 0.5) is 0 Å². The van der Waals surface area contributed by atoms with Crippen molar-refractivity contribution < 1.29 is 9.84 Å². The monoisotopic (exact) mass is 173 g/mol. The van der Waals surface area contributed by atoms with E-state index in [1.54, 1.807) is 0 Å². The second-order valence-corrected chi connectivity index (χ2v) is 3.30. The van der Waals surface area contributed by atoms with Gasteiger partial charge in [0.05, 0.1) is 19.3 Å². The lowest BCUT2D eigenvalue weighted by Crippen LogP contribution is -2.37. The van der Waals surface area contributed by atoms with E-state index in [4.69, 9.17) is 4.74 Å². The molecule has 3 heteroatoms. The van der Waals surface area contributed by atoms with Crippen molar-refractivity contribution in [3.63, 3.8) is 0 Å². The van der Waals surface area contributed by atoms with Crippen LogP contribution in [0.2, 0.25) is 0 Å². The van der Waals surface area contributed by atoms with E-state index >= 15 is 0 Å². The van der Waals surface area contributed by atoms with Gasteiger partial charge in [0.1, 0.15) is 0 Å². The molecule has 1 heterocycles. The summed E-state index contributed by atoms with van der Waals surface area (Å²) >= 11 is 0. The van der Waals surface area contributed by atoms with Crippen LogP contribution in [0.25, 0.3) is 0 Å². The molecule has 0 aromatic rings. The topological polar surface area (TPSA) is 32.7 Å². The predicted octanol–water partition coefficient (Wildman–Crippen LogP) is 0.480. The minimum absolute atomic E-state index is 0.118. The fourth-order valence-corrected chi connectivity index (χ4v) is 1.36. The van der Waals surface area contributed by atoms with E-state index in [1.165, 1.54) is 0 Å². The molecule has 12 heavy (non-hydrogen) atoms.